The van der Waals surface area contributed by atoms with Crippen molar-refractivity contribution in [2.75, 3.05) is 18.6 Å². The highest BCUT2D eigenvalue weighted by Crippen LogP contribution is 2.08. The van der Waals surface area contributed by atoms with Gasteiger partial charge >= 0.3 is 12.1 Å². The highest BCUT2D eigenvalue weighted by molar-refractivity contribution is 7.98. The maximum Gasteiger partial charge on any atom is 0.408 e. The van der Waals surface area contributed by atoms with Crippen LogP contribution in [0.4, 0.5) is 4.79 Å². The summed E-state index contributed by atoms with van der Waals surface area (Å²) in [4.78, 5) is 87.5. The van der Waals surface area contributed by atoms with Crippen molar-refractivity contribution in [2.45, 2.75) is 70.4 Å². The Labute approximate surface area is 289 Å². The highest BCUT2D eigenvalue weighted by Gasteiger charge is 2.30. The second kappa shape index (κ2) is 21.0. The van der Waals surface area contributed by atoms with Gasteiger partial charge in [-0.3, -0.25) is 28.8 Å². The maximum atomic E-state index is 13.5. The first kappa shape index (κ1) is 40.1. The molecule has 0 bridgehead atoms. The summed E-state index contributed by atoms with van der Waals surface area (Å²) in [6, 6.07) is 12.6. The van der Waals surface area contributed by atoms with Crippen LogP contribution in [0.15, 0.2) is 60.7 Å². The summed E-state index contributed by atoms with van der Waals surface area (Å²) >= 11 is 1.45. The van der Waals surface area contributed by atoms with E-state index in [0.29, 0.717) is 5.75 Å². The van der Waals surface area contributed by atoms with Crippen LogP contribution in [0.5, 0.6) is 0 Å². The van der Waals surface area contributed by atoms with E-state index in [-0.39, 0.29) is 19.4 Å². The molecule has 6 amide bonds. The van der Waals surface area contributed by atoms with Crippen molar-refractivity contribution in [3.63, 3.8) is 0 Å². The lowest BCUT2D eigenvalue weighted by Crippen LogP contribution is -2.58. The molecule has 0 spiro atoms. The zero-order valence-electron chi connectivity index (χ0n) is 27.8. The predicted molar refractivity (Wildman–Crippen MR) is 182 cm³/mol. The zero-order chi connectivity index (χ0) is 36.3. The van der Waals surface area contributed by atoms with E-state index >= 15 is 0 Å². The molecule has 0 aliphatic heterocycles. The average molecular weight is 701 g/mol. The van der Waals surface area contributed by atoms with Gasteiger partial charge in [-0.05, 0) is 50.3 Å². The number of hydrogen-bond acceptors (Lipinski definition) is 9. The van der Waals surface area contributed by atoms with E-state index in [2.05, 4.69) is 31.9 Å². The third kappa shape index (κ3) is 15.1. The van der Waals surface area contributed by atoms with E-state index < -0.39 is 78.4 Å². The average Bonchev–Trinajstić information content (AvgIpc) is 3.08. The quantitative estimate of drug-likeness (QED) is 0.107. The second-order valence-electron chi connectivity index (χ2n) is 11.1. The molecule has 2 aromatic carbocycles. The molecule has 16 heteroatoms. The van der Waals surface area contributed by atoms with Crippen LogP contribution in [-0.2, 0) is 46.5 Å². The summed E-state index contributed by atoms with van der Waals surface area (Å²) in [5, 5.41) is 23.5. The minimum absolute atomic E-state index is 0.00746. The Morgan fingerprint density at radius 3 is 1.67 bits per heavy atom. The predicted octanol–water partition coefficient (Wildman–Crippen LogP) is 0.477. The standard InChI is InChI=1S/C33H44N6O9S/c1-20(28(42)34-18-27(40)41)35-29(43)21(2)36-30(44)22(3)37-31(45)25(15-16-49-4)38-32(46)26(17-23-11-7-5-8-12-23)39-33(47)48-19-24-13-9-6-10-14-24/h5-14,20-22,25-26H,15-19H2,1-4H3,(H,34,42)(H,35,43)(H,36,44)(H,37,45)(H,38,46)(H,39,47)(H,40,41)/t20-,21-,22-,25-,26-/m0/s1. The van der Waals surface area contributed by atoms with Gasteiger partial charge in [0, 0.05) is 6.42 Å². The van der Waals surface area contributed by atoms with Crippen molar-refractivity contribution >= 4 is 53.4 Å². The molecule has 2 rings (SSSR count). The summed E-state index contributed by atoms with van der Waals surface area (Å²) in [5.41, 5.74) is 1.52. The molecule has 2 aromatic rings. The van der Waals surface area contributed by atoms with Gasteiger partial charge in [0.15, 0.2) is 0 Å². The fraction of sp³-hybridized carbons (Fsp3) is 0.424. The van der Waals surface area contributed by atoms with E-state index in [9.17, 15) is 33.6 Å². The van der Waals surface area contributed by atoms with E-state index in [1.165, 1.54) is 32.5 Å². The molecule has 7 N–H and O–H groups in total. The van der Waals surface area contributed by atoms with Crippen LogP contribution in [0.2, 0.25) is 0 Å². The van der Waals surface area contributed by atoms with Crippen LogP contribution >= 0.6 is 11.8 Å². The SMILES string of the molecule is CSCC[C@H](NC(=O)[C@H](Cc1ccccc1)NC(=O)OCc1ccccc1)C(=O)N[C@@H](C)C(=O)N[C@@H](C)C(=O)N[C@@H](C)C(=O)NCC(=O)O. The van der Waals surface area contributed by atoms with Gasteiger partial charge < -0.3 is 41.7 Å². The van der Waals surface area contributed by atoms with Crippen molar-refractivity contribution < 1.29 is 43.4 Å². The normalized spacial score (nSPS) is 13.6. The molecule has 49 heavy (non-hydrogen) atoms. The number of benzene rings is 2. The number of nitrogens with one attached hydrogen (secondary N) is 6. The molecule has 0 unspecified atom stereocenters. The van der Waals surface area contributed by atoms with Crippen molar-refractivity contribution in [3.05, 3.63) is 71.8 Å². The van der Waals surface area contributed by atoms with Crippen molar-refractivity contribution in [3.8, 4) is 0 Å². The van der Waals surface area contributed by atoms with Crippen molar-refractivity contribution in [2.24, 2.45) is 0 Å². The first-order chi connectivity index (χ1) is 23.3. The lowest BCUT2D eigenvalue weighted by atomic mass is 10.0. The second-order valence-corrected chi connectivity index (χ2v) is 12.1. The third-order valence-electron chi connectivity index (χ3n) is 7.02. The molecule has 0 heterocycles. The minimum Gasteiger partial charge on any atom is -0.480 e. The van der Waals surface area contributed by atoms with Gasteiger partial charge in [-0.2, -0.15) is 11.8 Å². The van der Waals surface area contributed by atoms with Gasteiger partial charge in [0.1, 0.15) is 43.4 Å². The number of alkyl carbamates (subject to hydrolysis) is 1. The monoisotopic (exact) mass is 700 g/mol. The number of aliphatic carboxylic acids is 1. The van der Waals surface area contributed by atoms with Crippen LogP contribution < -0.4 is 31.9 Å². The highest BCUT2D eigenvalue weighted by atomic mass is 32.2. The molecule has 0 radical (unpaired) electrons. The van der Waals surface area contributed by atoms with E-state index in [4.69, 9.17) is 9.84 Å². The Morgan fingerprint density at radius 1 is 0.653 bits per heavy atom. The number of hydrogen-bond donors (Lipinski definition) is 7. The topological polar surface area (TPSA) is 221 Å². The van der Waals surface area contributed by atoms with Crippen LogP contribution in [0.25, 0.3) is 0 Å². The van der Waals surface area contributed by atoms with Gasteiger partial charge in [-0.15, -0.1) is 0 Å². The molecule has 0 aliphatic rings. The Morgan fingerprint density at radius 2 is 1.14 bits per heavy atom. The van der Waals surface area contributed by atoms with Crippen LogP contribution in [0.1, 0.15) is 38.3 Å². The zero-order valence-corrected chi connectivity index (χ0v) is 28.6. The summed E-state index contributed by atoms with van der Waals surface area (Å²) in [6.45, 7) is 3.49. The summed E-state index contributed by atoms with van der Waals surface area (Å²) in [5.74, 6) is -4.20. The van der Waals surface area contributed by atoms with E-state index in [1.807, 2.05) is 18.4 Å². The minimum atomic E-state index is -1.25. The van der Waals surface area contributed by atoms with Gasteiger partial charge in [0.2, 0.25) is 29.5 Å². The fourth-order valence-corrected chi connectivity index (χ4v) is 4.72. The lowest BCUT2D eigenvalue weighted by Gasteiger charge is -2.25. The van der Waals surface area contributed by atoms with Crippen LogP contribution in [-0.4, -0.2) is 95.5 Å². The Hall–Kier alpha value is -5.12. The van der Waals surface area contributed by atoms with E-state index in [1.54, 1.807) is 48.5 Å². The summed E-state index contributed by atoms with van der Waals surface area (Å²) in [6.07, 6.45) is 1.34. The lowest BCUT2D eigenvalue weighted by molar-refractivity contribution is -0.138. The number of thioether (sulfide) groups is 1. The molecular formula is C33H44N6O9S. The smallest absolute Gasteiger partial charge is 0.408 e. The summed E-state index contributed by atoms with van der Waals surface area (Å²) in [7, 11) is 0. The molecule has 0 fully saturated rings. The van der Waals surface area contributed by atoms with Crippen molar-refractivity contribution in [1.29, 1.82) is 0 Å². The van der Waals surface area contributed by atoms with Crippen LogP contribution in [0, 0.1) is 0 Å². The third-order valence-corrected chi connectivity index (χ3v) is 7.66. The molecular weight excluding hydrogens is 656 g/mol. The molecule has 5 atom stereocenters. The van der Waals surface area contributed by atoms with Crippen LogP contribution in [0.3, 0.4) is 0 Å². The molecule has 15 nitrogen and oxygen atoms in total. The van der Waals surface area contributed by atoms with Crippen molar-refractivity contribution in [1.82, 2.24) is 31.9 Å². The van der Waals surface area contributed by atoms with Gasteiger partial charge in [-0.1, -0.05) is 60.7 Å². The molecule has 0 aromatic heterocycles. The first-order valence-corrected chi connectivity index (χ1v) is 16.9. The number of carboxylic acid groups (broad SMARTS) is 1. The van der Waals surface area contributed by atoms with Gasteiger partial charge in [0.25, 0.3) is 0 Å². The van der Waals surface area contributed by atoms with E-state index in [0.717, 1.165) is 11.1 Å². The fourth-order valence-electron chi connectivity index (χ4n) is 4.25. The molecule has 0 saturated heterocycles. The number of ether oxygens (including phenoxy) is 1. The molecule has 266 valence electrons. The Balaban J connectivity index is 2.03. The summed E-state index contributed by atoms with van der Waals surface area (Å²) < 4.78 is 5.32. The number of amides is 6. The Bertz CT molecular complexity index is 1430. The maximum absolute atomic E-state index is 13.5. The first-order valence-electron chi connectivity index (χ1n) is 15.5. The number of carbonyl (C=O) groups excluding carboxylic acids is 6. The molecule has 0 aliphatic carbocycles. The Kier molecular flexibility index (Phi) is 17.1. The number of rotatable bonds is 19. The molecule has 0 saturated carbocycles. The number of carboxylic acids is 1. The van der Waals surface area contributed by atoms with Gasteiger partial charge in [-0.25, -0.2) is 4.79 Å². The largest absolute Gasteiger partial charge is 0.480 e. The number of carbonyl (C=O) groups is 7. The van der Waals surface area contributed by atoms with Gasteiger partial charge in [0.05, 0.1) is 0 Å².